The molecule has 0 heterocycles. The summed E-state index contributed by atoms with van der Waals surface area (Å²) in [5.74, 6) is -0.192. The van der Waals surface area contributed by atoms with Crippen LogP contribution < -0.4 is 5.32 Å². The van der Waals surface area contributed by atoms with Gasteiger partial charge in [-0.05, 0) is 41.8 Å². The minimum atomic E-state index is -0.192. The molecule has 0 amide bonds. The van der Waals surface area contributed by atoms with Crippen LogP contribution in [0.3, 0.4) is 0 Å². The van der Waals surface area contributed by atoms with E-state index >= 15 is 0 Å². The second-order valence-electron chi connectivity index (χ2n) is 5.26. The Kier molecular flexibility index (Phi) is 6.21. The quantitative estimate of drug-likeness (QED) is 0.712. The largest absolute Gasteiger partial charge is 0.306 e. The van der Waals surface area contributed by atoms with Gasteiger partial charge in [0.15, 0.2) is 0 Å². The number of rotatable bonds is 7. The number of hydrogen-bond acceptors (Lipinski definition) is 1. The predicted molar refractivity (Wildman–Crippen MR) is 87.0 cm³/mol. The average Bonchev–Trinajstić information content (AvgIpc) is 2.49. The predicted octanol–water partition coefficient (Wildman–Crippen LogP) is 5.50. The molecule has 0 saturated heterocycles. The van der Waals surface area contributed by atoms with Gasteiger partial charge in [0, 0.05) is 17.6 Å². The van der Waals surface area contributed by atoms with E-state index in [1.54, 1.807) is 0 Å². The van der Waals surface area contributed by atoms with E-state index in [0.29, 0.717) is 0 Å². The molecule has 3 heteroatoms. The molecule has 112 valence electrons. The summed E-state index contributed by atoms with van der Waals surface area (Å²) in [5, 5.41) is 4.30. The van der Waals surface area contributed by atoms with Gasteiger partial charge in [-0.15, -0.1) is 0 Å². The van der Waals surface area contributed by atoms with Crippen molar-refractivity contribution in [3.63, 3.8) is 0 Å². The number of nitrogens with one attached hydrogen (secondary N) is 1. The van der Waals surface area contributed by atoms with E-state index in [4.69, 9.17) is 11.6 Å². The molecule has 1 N–H and O–H groups in total. The summed E-state index contributed by atoms with van der Waals surface area (Å²) in [5.41, 5.74) is 2.29. The van der Waals surface area contributed by atoms with Crippen molar-refractivity contribution in [3.05, 3.63) is 70.5 Å². The highest BCUT2D eigenvalue weighted by molar-refractivity contribution is 6.30. The van der Waals surface area contributed by atoms with Crippen LogP contribution in [0.4, 0.5) is 4.39 Å². The fourth-order valence-corrected chi connectivity index (χ4v) is 2.59. The van der Waals surface area contributed by atoms with Crippen molar-refractivity contribution < 1.29 is 4.39 Å². The van der Waals surface area contributed by atoms with E-state index in [1.165, 1.54) is 12.1 Å². The monoisotopic (exact) mass is 305 g/mol. The minimum absolute atomic E-state index is 0.192. The maximum absolute atomic E-state index is 13.1. The Balaban J connectivity index is 2.04. The molecule has 0 radical (unpaired) electrons. The van der Waals surface area contributed by atoms with E-state index in [9.17, 15) is 4.39 Å². The van der Waals surface area contributed by atoms with Crippen LogP contribution >= 0.6 is 11.6 Å². The van der Waals surface area contributed by atoms with Crippen LogP contribution in [0.5, 0.6) is 0 Å². The molecule has 0 aliphatic heterocycles. The standard InChI is InChI=1S/C18H21ClFN/c1-2-3-7-18(15-8-10-17(20)11-9-15)21-13-14-5-4-6-16(19)12-14/h4-6,8-12,18,21H,2-3,7,13H2,1H3. The molecule has 2 rings (SSSR count). The first-order chi connectivity index (χ1) is 10.2. The maximum Gasteiger partial charge on any atom is 0.123 e. The summed E-state index contributed by atoms with van der Waals surface area (Å²) in [6, 6.07) is 14.9. The van der Waals surface area contributed by atoms with Crippen LogP contribution in [0.25, 0.3) is 0 Å². The highest BCUT2D eigenvalue weighted by atomic mass is 35.5. The summed E-state index contributed by atoms with van der Waals surface area (Å²) in [7, 11) is 0. The molecule has 0 aliphatic rings. The lowest BCUT2D eigenvalue weighted by Crippen LogP contribution is -2.21. The van der Waals surface area contributed by atoms with Crippen molar-refractivity contribution in [2.24, 2.45) is 0 Å². The Morgan fingerprint density at radius 1 is 1.14 bits per heavy atom. The Morgan fingerprint density at radius 2 is 1.90 bits per heavy atom. The summed E-state index contributed by atoms with van der Waals surface area (Å²) in [6.07, 6.45) is 3.34. The molecule has 2 aromatic rings. The van der Waals surface area contributed by atoms with Gasteiger partial charge in [0.1, 0.15) is 5.82 Å². The average molecular weight is 306 g/mol. The van der Waals surface area contributed by atoms with Gasteiger partial charge in [-0.1, -0.05) is 55.6 Å². The molecule has 0 fully saturated rings. The molecule has 0 saturated carbocycles. The van der Waals surface area contributed by atoms with Crippen molar-refractivity contribution in [2.75, 3.05) is 0 Å². The normalized spacial score (nSPS) is 12.3. The number of hydrogen-bond donors (Lipinski definition) is 1. The van der Waals surface area contributed by atoms with Crippen molar-refractivity contribution in [1.29, 1.82) is 0 Å². The number of unbranched alkanes of at least 4 members (excludes halogenated alkanes) is 1. The maximum atomic E-state index is 13.1. The van der Waals surface area contributed by atoms with Crippen molar-refractivity contribution in [1.82, 2.24) is 5.32 Å². The van der Waals surface area contributed by atoms with Crippen LogP contribution in [0.15, 0.2) is 48.5 Å². The summed E-state index contributed by atoms with van der Waals surface area (Å²) in [6.45, 7) is 2.94. The SMILES string of the molecule is CCCCC(NCc1cccc(Cl)c1)c1ccc(F)cc1. The van der Waals surface area contributed by atoms with E-state index in [1.807, 2.05) is 30.3 Å². The third kappa shape index (κ3) is 5.14. The molecule has 1 atom stereocenters. The van der Waals surface area contributed by atoms with Crippen LogP contribution in [0.2, 0.25) is 5.02 Å². The fraction of sp³-hybridized carbons (Fsp3) is 0.333. The molecule has 0 spiro atoms. The lowest BCUT2D eigenvalue weighted by molar-refractivity contribution is 0.479. The zero-order chi connectivity index (χ0) is 15.1. The topological polar surface area (TPSA) is 12.0 Å². The third-order valence-corrected chi connectivity index (χ3v) is 3.80. The van der Waals surface area contributed by atoms with Gasteiger partial charge in [0.2, 0.25) is 0 Å². The molecule has 0 bridgehead atoms. The highest BCUT2D eigenvalue weighted by Crippen LogP contribution is 2.21. The molecular formula is C18H21ClFN. The van der Waals surface area contributed by atoms with Gasteiger partial charge in [0.05, 0.1) is 0 Å². The van der Waals surface area contributed by atoms with E-state index < -0.39 is 0 Å². The lowest BCUT2D eigenvalue weighted by atomic mass is 10.0. The Morgan fingerprint density at radius 3 is 2.57 bits per heavy atom. The van der Waals surface area contributed by atoms with E-state index in [2.05, 4.69) is 18.3 Å². The molecular weight excluding hydrogens is 285 g/mol. The summed E-state index contributed by atoms with van der Waals surface area (Å²) >= 11 is 6.01. The molecule has 1 nitrogen and oxygen atoms in total. The summed E-state index contributed by atoms with van der Waals surface area (Å²) < 4.78 is 13.1. The first-order valence-electron chi connectivity index (χ1n) is 7.42. The van der Waals surface area contributed by atoms with E-state index in [0.717, 1.165) is 42.0 Å². The van der Waals surface area contributed by atoms with Crippen molar-refractivity contribution >= 4 is 11.6 Å². The fourth-order valence-electron chi connectivity index (χ4n) is 2.38. The number of halogens is 2. The smallest absolute Gasteiger partial charge is 0.123 e. The van der Waals surface area contributed by atoms with Gasteiger partial charge in [-0.25, -0.2) is 4.39 Å². The molecule has 21 heavy (non-hydrogen) atoms. The first kappa shape index (κ1) is 16.0. The highest BCUT2D eigenvalue weighted by Gasteiger charge is 2.10. The summed E-state index contributed by atoms with van der Waals surface area (Å²) in [4.78, 5) is 0. The van der Waals surface area contributed by atoms with Crippen LogP contribution in [-0.4, -0.2) is 0 Å². The van der Waals surface area contributed by atoms with Gasteiger partial charge < -0.3 is 5.32 Å². The third-order valence-electron chi connectivity index (χ3n) is 3.56. The Labute approximate surface area is 131 Å². The van der Waals surface area contributed by atoms with Crippen molar-refractivity contribution in [2.45, 2.75) is 38.8 Å². The minimum Gasteiger partial charge on any atom is -0.306 e. The van der Waals surface area contributed by atoms with E-state index in [-0.39, 0.29) is 11.9 Å². The van der Waals surface area contributed by atoms with Crippen LogP contribution in [0, 0.1) is 5.82 Å². The number of benzene rings is 2. The second kappa shape index (κ2) is 8.16. The zero-order valence-corrected chi connectivity index (χ0v) is 13.0. The molecule has 1 unspecified atom stereocenters. The van der Waals surface area contributed by atoms with Crippen LogP contribution in [0.1, 0.15) is 43.4 Å². The molecule has 0 aromatic heterocycles. The Hall–Kier alpha value is -1.38. The van der Waals surface area contributed by atoms with Gasteiger partial charge in [-0.3, -0.25) is 0 Å². The van der Waals surface area contributed by atoms with Crippen LogP contribution in [-0.2, 0) is 6.54 Å². The van der Waals surface area contributed by atoms with Gasteiger partial charge in [-0.2, -0.15) is 0 Å². The van der Waals surface area contributed by atoms with Gasteiger partial charge >= 0.3 is 0 Å². The van der Waals surface area contributed by atoms with Gasteiger partial charge in [0.25, 0.3) is 0 Å². The zero-order valence-electron chi connectivity index (χ0n) is 12.3. The van der Waals surface area contributed by atoms with Crippen molar-refractivity contribution in [3.8, 4) is 0 Å². The second-order valence-corrected chi connectivity index (χ2v) is 5.69. The Bertz CT molecular complexity index is 553. The lowest BCUT2D eigenvalue weighted by Gasteiger charge is -2.19. The molecule has 2 aromatic carbocycles. The first-order valence-corrected chi connectivity index (χ1v) is 7.80. The molecule has 0 aliphatic carbocycles.